The average Bonchev–Trinajstić information content (AvgIpc) is 2.31. The molecule has 2 heteroatoms. The van der Waals surface area contributed by atoms with Gasteiger partial charge in [-0.3, -0.25) is 0 Å². The Morgan fingerprint density at radius 1 is 1.11 bits per heavy atom. The lowest BCUT2D eigenvalue weighted by molar-refractivity contribution is 0.128. The van der Waals surface area contributed by atoms with E-state index in [1.165, 1.54) is 32.4 Å². The Balaban J connectivity index is 4.34. The topological polar surface area (TPSA) is 15.3 Å². The van der Waals surface area contributed by atoms with Gasteiger partial charge in [0.05, 0.1) is 0 Å². The highest BCUT2D eigenvalue weighted by Crippen LogP contribution is 2.19. The maximum absolute atomic E-state index is 3.58. The van der Waals surface area contributed by atoms with Crippen LogP contribution in [0.5, 0.6) is 0 Å². The molecule has 0 fully saturated rings. The molecule has 0 rings (SSSR count). The minimum Gasteiger partial charge on any atom is -0.314 e. The number of hydrogen-bond donors (Lipinski definition) is 1. The Kier molecular flexibility index (Phi) is 8.89. The summed E-state index contributed by atoms with van der Waals surface area (Å²) in [6, 6.07) is 1.28. The monoisotopic (exact) mass is 256 g/mol. The minimum absolute atomic E-state index is 0.349. The molecular formula is C16H36N2. The second kappa shape index (κ2) is 8.92. The molecule has 0 radical (unpaired) electrons. The molecule has 1 unspecified atom stereocenters. The molecule has 0 aliphatic rings. The van der Waals surface area contributed by atoms with Crippen molar-refractivity contribution in [1.82, 2.24) is 10.2 Å². The maximum atomic E-state index is 3.58. The molecule has 1 atom stereocenters. The fourth-order valence-electron chi connectivity index (χ4n) is 2.16. The van der Waals surface area contributed by atoms with Gasteiger partial charge in [-0.15, -0.1) is 0 Å². The van der Waals surface area contributed by atoms with Crippen LogP contribution < -0.4 is 5.32 Å². The molecule has 1 N–H and O–H groups in total. The first kappa shape index (κ1) is 17.9. The summed E-state index contributed by atoms with van der Waals surface area (Å²) in [6.45, 7) is 19.7. The zero-order chi connectivity index (χ0) is 14.2. The summed E-state index contributed by atoms with van der Waals surface area (Å²) in [4.78, 5) is 2.67. The summed E-state index contributed by atoms with van der Waals surface area (Å²) in [7, 11) is 0. The quantitative estimate of drug-likeness (QED) is 0.637. The zero-order valence-corrected chi connectivity index (χ0v) is 13.8. The lowest BCUT2D eigenvalue weighted by Crippen LogP contribution is -2.45. The molecule has 0 aliphatic carbocycles. The number of nitrogens with one attached hydrogen (secondary N) is 1. The predicted octanol–water partition coefficient (Wildman–Crippen LogP) is 3.91. The molecule has 0 aromatic heterocycles. The van der Waals surface area contributed by atoms with Gasteiger partial charge >= 0.3 is 0 Å². The third-order valence-corrected chi connectivity index (χ3v) is 3.63. The van der Waals surface area contributed by atoms with E-state index in [-0.39, 0.29) is 0 Å². The van der Waals surface area contributed by atoms with Gasteiger partial charge in [0.25, 0.3) is 0 Å². The van der Waals surface area contributed by atoms with Gasteiger partial charge in [0, 0.05) is 25.2 Å². The third-order valence-electron chi connectivity index (χ3n) is 3.63. The zero-order valence-electron chi connectivity index (χ0n) is 13.8. The van der Waals surface area contributed by atoms with Gasteiger partial charge in [0.2, 0.25) is 0 Å². The molecule has 0 saturated carbocycles. The van der Waals surface area contributed by atoms with Crippen LogP contribution >= 0.6 is 0 Å². The van der Waals surface area contributed by atoms with Crippen molar-refractivity contribution in [3.05, 3.63) is 0 Å². The SMILES string of the molecule is CCCCN(CC(C)(C)CNC(C)C)C(C)CC. The highest BCUT2D eigenvalue weighted by molar-refractivity contribution is 4.79. The fourth-order valence-corrected chi connectivity index (χ4v) is 2.16. The van der Waals surface area contributed by atoms with Gasteiger partial charge in [-0.2, -0.15) is 0 Å². The van der Waals surface area contributed by atoms with Gasteiger partial charge in [-0.25, -0.2) is 0 Å². The van der Waals surface area contributed by atoms with Crippen LogP contribution in [0.1, 0.15) is 67.7 Å². The second-order valence-electron chi connectivity index (χ2n) is 6.78. The van der Waals surface area contributed by atoms with Crippen LogP contribution in [0.25, 0.3) is 0 Å². The van der Waals surface area contributed by atoms with Crippen molar-refractivity contribution in [2.24, 2.45) is 5.41 Å². The fraction of sp³-hybridized carbons (Fsp3) is 1.00. The molecule has 0 aromatic rings. The predicted molar refractivity (Wildman–Crippen MR) is 83.2 cm³/mol. The molecule has 0 aliphatic heterocycles. The first-order chi connectivity index (χ1) is 8.32. The smallest absolute Gasteiger partial charge is 0.00645 e. The van der Waals surface area contributed by atoms with Crippen LogP contribution in [-0.2, 0) is 0 Å². The largest absolute Gasteiger partial charge is 0.314 e. The Morgan fingerprint density at radius 2 is 1.72 bits per heavy atom. The van der Waals surface area contributed by atoms with Gasteiger partial charge in [0.1, 0.15) is 0 Å². The normalized spacial score (nSPS) is 14.5. The molecule has 2 nitrogen and oxygen atoms in total. The van der Waals surface area contributed by atoms with Crippen molar-refractivity contribution in [3.8, 4) is 0 Å². The summed E-state index contributed by atoms with van der Waals surface area (Å²) >= 11 is 0. The lowest BCUT2D eigenvalue weighted by atomic mass is 9.91. The van der Waals surface area contributed by atoms with Crippen LogP contribution in [0.2, 0.25) is 0 Å². The summed E-state index contributed by atoms with van der Waals surface area (Å²) in [5.74, 6) is 0. The van der Waals surface area contributed by atoms with Gasteiger partial charge < -0.3 is 10.2 Å². The van der Waals surface area contributed by atoms with Crippen LogP contribution in [0.3, 0.4) is 0 Å². The van der Waals surface area contributed by atoms with Crippen LogP contribution in [0.4, 0.5) is 0 Å². The minimum atomic E-state index is 0.349. The molecule has 0 aromatic carbocycles. The Morgan fingerprint density at radius 3 is 2.17 bits per heavy atom. The highest BCUT2D eigenvalue weighted by atomic mass is 15.2. The number of nitrogens with zero attached hydrogens (tertiary/aromatic N) is 1. The van der Waals surface area contributed by atoms with E-state index in [9.17, 15) is 0 Å². The average molecular weight is 256 g/mol. The Labute approximate surface area is 116 Å². The molecule has 0 amide bonds. The summed E-state index contributed by atoms with van der Waals surface area (Å²) < 4.78 is 0. The van der Waals surface area contributed by atoms with E-state index in [1.807, 2.05) is 0 Å². The summed E-state index contributed by atoms with van der Waals surface area (Å²) in [5.41, 5.74) is 0.349. The molecule has 0 heterocycles. The van der Waals surface area contributed by atoms with E-state index in [0.717, 1.165) is 6.54 Å². The molecule has 0 saturated heterocycles. The maximum Gasteiger partial charge on any atom is 0.00645 e. The Bertz CT molecular complexity index is 199. The van der Waals surface area contributed by atoms with Gasteiger partial charge in [-0.05, 0) is 31.7 Å². The molecular weight excluding hydrogens is 220 g/mol. The summed E-state index contributed by atoms with van der Waals surface area (Å²) in [5, 5.41) is 3.58. The standard InChI is InChI=1S/C16H36N2/c1-8-10-11-18(15(5)9-2)13-16(6,7)12-17-14(3)4/h14-15,17H,8-13H2,1-7H3. The van der Waals surface area contributed by atoms with E-state index in [1.54, 1.807) is 0 Å². The van der Waals surface area contributed by atoms with E-state index in [0.29, 0.717) is 17.5 Å². The van der Waals surface area contributed by atoms with Crippen LogP contribution in [0, 0.1) is 5.41 Å². The van der Waals surface area contributed by atoms with Gasteiger partial charge in [-0.1, -0.05) is 48.0 Å². The Hall–Kier alpha value is -0.0800. The van der Waals surface area contributed by atoms with Crippen molar-refractivity contribution in [2.75, 3.05) is 19.6 Å². The van der Waals surface area contributed by atoms with E-state index in [4.69, 9.17) is 0 Å². The summed E-state index contributed by atoms with van der Waals surface area (Å²) in [6.07, 6.45) is 3.85. The number of rotatable bonds is 10. The van der Waals surface area contributed by atoms with Crippen molar-refractivity contribution in [2.45, 2.75) is 79.8 Å². The number of unbranched alkanes of at least 4 members (excludes halogenated alkanes) is 1. The van der Waals surface area contributed by atoms with E-state index in [2.05, 4.69) is 58.7 Å². The van der Waals surface area contributed by atoms with Gasteiger partial charge in [0.15, 0.2) is 0 Å². The van der Waals surface area contributed by atoms with Crippen molar-refractivity contribution in [3.63, 3.8) is 0 Å². The van der Waals surface area contributed by atoms with E-state index < -0.39 is 0 Å². The third kappa shape index (κ3) is 8.10. The van der Waals surface area contributed by atoms with Crippen molar-refractivity contribution < 1.29 is 0 Å². The van der Waals surface area contributed by atoms with Crippen LogP contribution in [0.15, 0.2) is 0 Å². The van der Waals surface area contributed by atoms with E-state index >= 15 is 0 Å². The highest BCUT2D eigenvalue weighted by Gasteiger charge is 2.23. The molecule has 0 spiro atoms. The molecule has 110 valence electrons. The molecule has 0 bridgehead atoms. The molecule has 18 heavy (non-hydrogen) atoms. The van der Waals surface area contributed by atoms with Crippen LogP contribution in [-0.4, -0.2) is 36.6 Å². The second-order valence-corrected chi connectivity index (χ2v) is 6.78. The first-order valence-corrected chi connectivity index (χ1v) is 7.79. The number of hydrogen-bond acceptors (Lipinski definition) is 2. The first-order valence-electron chi connectivity index (χ1n) is 7.79. The van der Waals surface area contributed by atoms with Crippen molar-refractivity contribution >= 4 is 0 Å². The van der Waals surface area contributed by atoms with Crippen molar-refractivity contribution in [1.29, 1.82) is 0 Å². The lowest BCUT2D eigenvalue weighted by Gasteiger charge is -2.37.